The zero-order valence-electron chi connectivity index (χ0n) is 11.1. The summed E-state index contributed by atoms with van der Waals surface area (Å²) in [5.74, 6) is 1.73. The van der Waals surface area contributed by atoms with E-state index in [1.54, 1.807) is 18.8 Å². The molecule has 1 aromatic rings. The van der Waals surface area contributed by atoms with Gasteiger partial charge in [0, 0.05) is 25.3 Å². The van der Waals surface area contributed by atoms with Gasteiger partial charge >= 0.3 is 0 Å². The Hall–Kier alpha value is -1.08. The molecule has 1 rings (SSSR count). The molecule has 1 amide bonds. The number of carbonyl (C=O) groups is 1. The third-order valence-corrected chi connectivity index (χ3v) is 3.52. The van der Waals surface area contributed by atoms with E-state index in [1.165, 1.54) is 0 Å². The number of carbonyl (C=O) groups excluding carboxylic acids is 1. The number of aromatic nitrogens is 3. The van der Waals surface area contributed by atoms with Crippen LogP contribution in [0.2, 0.25) is 0 Å². The van der Waals surface area contributed by atoms with Gasteiger partial charge in [-0.15, -0.1) is 10.2 Å². The largest absolute Gasteiger partial charge is 0.359 e. The lowest BCUT2D eigenvalue weighted by atomic mass is 10.3. The van der Waals surface area contributed by atoms with Crippen LogP contribution in [-0.2, 0) is 11.3 Å². The van der Waals surface area contributed by atoms with Crippen LogP contribution in [0.4, 0.5) is 0 Å². The van der Waals surface area contributed by atoms with Gasteiger partial charge in [0.15, 0.2) is 5.16 Å². The van der Waals surface area contributed by atoms with Crippen LogP contribution >= 0.6 is 11.8 Å². The maximum atomic E-state index is 11.1. The summed E-state index contributed by atoms with van der Waals surface area (Å²) in [6.45, 7) is 4.55. The third-order valence-electron chi connectivity index (χ3n) is 2.49. The first-order valence-corrected chi connectivity index (χ1v) is 7.06. The van der Waals surface area contributed by atoms with Gasteiger partial charge in [-0.1, -0.05) is 11.8 Å². The summed E-state index contributed by atoms with van der Waals surface area (Å²) in [5.41, 5.74) is 5.63. The average Bonchev–Trinajstić information content (AvgIpc) is 2.77. The summed E-state index contributed by atoms with van der Waals surface area (Å²) < 4.78 is 2.05. The van der Waals surface area contributed by atoms with Gasteiger partial charge in [-0.2, -0.15) is 0 Å². The van der Waals surface area contributed by atoms with Crippen molar-refractivity contribution in [3.05, 3.63) is 5.82 Å². The van der Waals surface area contributed by atoms with E-state index in [-0.39, 0.29) is 5.91 Å². The van der Waals surface area contributed by atoms with Crippen LogP contribution in [-0.4, -0.2) is 33.5 Å². The number of nitrogens with one attached hydrogen (secondary N) is 1. The third kappa shape index (κ3) is 3.99. The number of hydrogen-bond acceptors (Lipinski definition) is 5. The van der Waals surface area contributed by atoms with E-state index in [0.717, 1.165) is 23.2 Å². The van der Waals surface area contributed by atoms with Crippen molar-refractivity contribution in [2.45, 2.75) is 44.4 Å². The fourth-order valence-corrected chi connectivity index (χ4v) is 2.61. The zero-order valence-corrected chi connectivity index (χ0v) is 12.0. The van der Waals surface area contributed by atoms with Crippen LogP contribution in [0.1, 0.15) is 38.6 Å². The second kappa shape index (κ2) is 7.38. The quantitative estimate of drug-likeness (QED) is 0.569. The van der Waals surface area contributed by atoms with Gasteiger partial charge in [-0.05, 0) is 20.3 Å². The van der Waals surface area contributed by atoms with Crippen molar-refractivity contribution in [1.82, 2.24) is 20.1 Å². The number of amides is 1. The molecule has 18 heavy (non-hydrogen) atoms. The molecule has 0 aliphatic carbocycles. The number of nitrogens with zero attached hydrogens (tertiary/aromatic N) is 3. The molecule has 0 bridgehead atoms. The Morgan fingerprint density at radius 2 is 2.22 bits per heavy atom. The van der Waals surface area contributed by atoms with E-state index in [0.29, 0.717) is 19.0 Å². The lowest BCUT2D eigenvalue weighted by Crippen LogP contribution is -2.17. The molecular formula is C11H21N5OS. The molecule has 1 aromatic heterocycles. The summed E-state index contributed by atoms with van der Waals surface area (Å²) in [6.07, 6.45) is 1.37. The molecule has 0 aromatic carbocycles. The Kier molecular flexibility index (Phi) is 6.14. The van der Waals surface area contributed by atoms with Crippen molar-refractivity contribution in [1.29, 1.82) is 0 Å². The normalized spacial score (nSPS) is 10.9. The lowest BCUT2D eigenvalue weighted by Gasteiger charge is -2.12. The number of hydrogen-bond donors (Lipinski definition) is 2. The minimum Gasteiger partial charge on any atom is -0.359 e. The average molecular weight is 271 g/mol. The molecule has 0 aliphatic rings. The zero-order chi connectivity index (χ0) is 13.5. The van der Waals surface area contributed by atoms with Gasteiger partial charge in [0.25, 0.3) is 0 Å². The maximum Gasteiger partial charge on any atom is 0.219 e. The number of rotatable bonds is 7. The van der Waals surface area contributed by atoms with E-state index in [1.807, 2.05) is 4.57 Å². The molecule has 7 heteroatoms. The van der Waals surface area contributed by atoms with Gasteiger partial charge in [-0.3, -0.25) is 4.79 Å². The molecule has 0 fully saturated rings. The number of nitrogens with two attached hydrogens (primary N) is 1. The van der Waals surface area contributed by atoms with Crippen molar-refractivity contribution in [2.24, 2.45) is 5.73 Å². The molecule has 6 nitrogen and oxygen atoms in total. The molecule has 0 saturated heterocycles. The molecule has 3 N–H and O–H groups in total. The van der Waals surface area contributed by atoms with Gasteiger partial charge in [0.2, 0.25) is 5.91 Å². The standard InChI is InChI=1S/C11H21N5OS/c1-8(2)16-9(7-12)14-15-11(16)18-6-4-5-10(17)13-3/h8H,4-7,12H2,1-3H3,(H,13,17). The molecular weight excluding hydrogens is 250 g/mol. The monoisotopic (exact) mass is 271 g/mol. The van der Waals surface area contributed by atoms with Gasteiger partial charge in [0.05, 0.1) is 6.54 Å². The summed E-state index contributed by atoms with van der Waals surface area (Å²) in [6, 6.07) is 0.292. The van der Waals surface area contributed by atoms with E-state index in [9.17, 15) is 4.79 Å². The fourth-order valence-electron chi connectivity index (χ4n) is 1.58. The van der Waals surface area contributed by atoms with Crippen molar-refractivity contribution >= 4 is 17.7 Å². The highest BCUT2D eigenvalue weighted by Crippen LogP contribution is 2.22. The second-order valence-electron chi connectivity index (χ2n) is 4.19. The van der Waals surface area contributed by atoms with Gasteiger partial charge in [0.1, 0.15) is 5.82 Å². The van der Waals surface area contributed by atoms with E-state index in [2.05, 4.69) is 29.4 Å². The molecule has 0 radical (unpaired) electrons. The Morgan fingerprint density at radius 3 is 2.78 bits per heavy atom. The SMILES string of the molecule is CNC(=O)CCCSc1nnc(CN)n1C(C)C. The molecule has 1 heterocycles. The van der Waals surface area contributed by atoms with Crippen LogP contribution in [0.25, 0.3) is 0 Å². The fraction of sp³-hybridized carbons (Fsp3) is 0.727. The van der Waals surface area contributed by atoms with E-state index < -0.39 is 0 Å². The minimum atomic E-state index is 0.0728. The van der Waals surface area contributed by atoms with Crippen molar-refractivity contribution in [3.63, 3.8) is 0 Å². The van der Waals surface area contributed by atoms with Crippen molar-refractivity contribution < 1.29 is 4.79 Å². The van der Waals surface area contributed by atoms with Crippen LogP contribution in [0, 0.1) is 0 Å². The lowest BCUT2D eigenvalue weighted by molar-refractivity contribution is -0.120. The first-order valence-electron chi connectivity index (χ1n) is 6.07. The highest BCUT2D eigenvalue weighted by Gasteiger charge is 2.13. The van der Waals surface area contributed by atoms with Crippen molar-refractivity contribution in [2.75, 3.05) is 12.8 Å². The Bertz CT molecular complexity index is 391. The number of thioether (sulfide) groups is 1. The second-order valence-corrected chi connectivity index (χ2v) is 5.25. The summed E-state index contributed by atoms with van der Waals surface area (Å²) >= 11 is 1.62. The topological polar surface area (TPSA) is 85.8 Å². The van der Waals surface area contributed by atoms with Crippen LogP contribution in [0.5, 0.6) is 0 Å². The molecule has 0 unspecified atom stereocenters. The van der Waals surface area contributed by atoms with Crippen LogP contribution in [0.3, 0.4) is 0 Å². The Balaban J connectivity index is 2.52. The first kappa shape index (κ1) is 15.0. The molecule has 0 aliphatic heterocycles. The Morgan fingerprint density at radius 1 is 1.50 bits per heavy atom. The highest BCUT2D eigenvalue weighted by molar-refractivity contribution is 7.99. The van der Waals surface area contributed by atoms with E-state index >= 15 is 0 Å². The van der Waals surface area contributed by atoms with Crippen LogP contribution < -0.4 is 11.1 Å². The summed E-state index contributed by atoms with van der Waals surface area (Å²) in [5, 5.41) is 11.7. The predicted molar refractivity (Wildman–Crippen MR) is 72.3 cm³/mol. The van der Waals surface area contributed by atoms with Crippen molar-refractivity contribution in [3.8, 4) is 0 Å². The highest BCUT2D eigenvalue weighted by atomic mass is 32.2. The summed E-state index contributed by atoms with van der Waals surface area (Å²) in [7, 11) is 1.65. The van der Waals surface area contributed by atoms with Crippen LogP contribution in [0.15, 0.2) is 5.16 Å². The molecule has 0 saturated carbocycles. The predicted octanol–water partition coefficient (Wildman–Crippen LogP) is 0.936. The maximum absolute atomic E-state index is 11.1. The van der Waals surface area contributed by atoms with Gasteiger partial charge < -0.3 is 15.6 Å². The Labute approximate surface area is 112 Å². The summed E-state index contributed by atoms with van der Waals surface area (Å²) in [4.78, 5) is 11.1. The molecule has 0 spiro atoms. The minimum absolute atomic E-state index is 0.0728. The molecule has 102 valence electrons. The molecule has 0 atom stereocenters. The van der Waals surface area contributed by atoms with E-state index in [4.69, 9.17) is 5.73 Å². The van der Waals surface area contributed by atoms with Gasteiger partial charge in [-0.25, -0.2) is 0 Å². The smallest absolute Gasteiger partial charge is 0.219 e. The first-order chi connectivity index (χ1) is 8.60.